The summed E-state index contributed by atoms with van der Waals surface area (Å²) < 4.78 is 79.5. The Morgan fingerprint density at radius 3 is 2.24 bits per heavy atom. The molecular formula is C26H16F6N2O4S3. The first-order valence-electron chi connectivity index (χ1n) is 11.3. The average molecular weight is 631 g/mol. The summed E-state index contributed by atoms with van der Waals surface area (Å²) in [4.78, 5) is 38.0. The predicted molar refractivity (Wildman–Crippen MR) is 145 cm³/mol. The van der Waals surface area contributed by atoms with Gasteiger partial charge in [-0.25, -0.2) is 4.79 Å². The van der Waals surface area contributed by atoms with E-state index in [9.17, 15) is 40.7 Å². The molecule has 2 N–H and O–H groups in total. The van der Waals surface area contributed by atoms with Crippen LogP contribution < -0.4 is 5.32 Å². The van der Waals surface area contributed by atoms with Gasteiger partial charge in [0.1, 0.15) is 10.9 Å². The molecule has 1 aliphatic rings. The van der Waals surface area contributed by atoms with Crippen molar-refractivity contribution in [3.63, 3.8) is 0 Å². The van der Waals surface area contributed by atoms with Gasteiger partial charge >= 0.3 is 18.3 Å². The summed E-state index contributed by atoms with van der Waals surface area (Å²) in [5.41, 5.74) is -2.50. The molecule has 2 heterocycles. The highest BCUT2D eigenvalue weighted by Crippen LogP contribution is 2.40. The number of nitrogens with zero attached hydrogens (tertiary/aromatic N) is 1. The quantitative estimate of drug-likeness (QED) is 0.172. The number of aromatic carboxylic acids is 1. The van der Waals surface area contributed by atoms with E-state index in [4.69, 9.17) is 17.3 Å². The molecule has 15 heteroatoms. The topological polar surface area (TPSA) is 86.7 Å². The fourth-order valence-corrected chi connectivity index (χ4v) is 5.85. The Hall–Kier alpha value is -3.69. The van der Waals surface area contributed by atoms with Crippen LogP contribution in [-0.4, -0.2) is 38.7 Å². The first kappa shape index (κ1) is 30.3. The van der Waals surface area contributed by atoms with Crippen LogP contribution in [-0.2, 0) is 28.5 Å². The van der Waals surface area contributed by atoms with E-state index >= 15 is 0 Å². The highest BCUT2D eigenvalue weighted by molar-refractivity contribution is 8.26. The average Bonchev–Trinajstić information content (AvgIpc) is 3.46. The molecule has 1 aliphatic heterocycles. The number of hydrogen-bond acceptors (Lipinski definition) is 6. The molecule has 0 unspecified atom stereocenters. The molecule has 1 aromatic heterocycles. The summed E-state index contributed by atoms with van der Waals surface area (Å²) in [6.45, 7) is -0.408. The van der Waals surface area contributed by atoms with Crippen LogP contribution in [0.4, 0.5) is 26.3 Å². The molecule has 0 spiro atoms. The number of halogens is 6. The number of carbonyl (C=O) groups is 3. The van der Waals surface area contributed by atoms with Gasteiger partial charge in [0, 0.05) is 11.4 Å². The number of thiocarbonyl (C=S) groups is 1. The summed E-state index contributed by atoms with van der Waals surface area (Å²) in [5, 5.41) is 13.0. The van der Waals surface area contributed by atoms with E-state index in [1.54, 1.807) is 6.07 Å². The molecule has 0 aliphatic carbocycles. The predicted octanol–water partition coefficient (Wildman–Crippen LogP) is 6.67. The van der Waals surface area contributed by atoms with Crippen LogP contribution in [0.25, 0.3) is 17.2 Å². The number of nitrogens with one attached hydrogen (secondary N) is 1. The molecule has 41 heavy (non-hydrogen) atoms. The molecule has 6 nitrogen and oxygen atoms in total. The van der Waals surface area contributed by atoms with Gasteiger partial charge in [0.05, 0.1) is 21.6 Å². The Balaban J connectivity index is 1.47. The first-order chi connectivity index (χ1) is 19.1. The molecule has 0 radical (unpaired) electrons. The lowest BCUT2D eigenvalue weighted by molar-refractivity contribution is -0.143. The fourth-order valence-electron chi connectivity index (χ4n) is 3.68. The molecule has 1 saturated heterocycles. The van der Waals surface area contributed by atoms with Gasteiger partial charge in [-0.2, -0.15) is 26.3 Å². The first-order valence-corrected chi connectivity index (χ1v) is 13.4. The third-order valence-corrected chi connectivity index (χ3v) is 7.91. The summed E-state index contributed by atoms with van der Waals surface area (Å²) in [7, 11) is 0. The van der Waals surface area contributed by atoms with Crippen molar-refractivity contribution in [1.82, 2.24) is 10.2 Å². The Morgan fingerprint density at radius 1 is 0.976 bits per heavy atom. The fraction of sp³-hybridized carbons (Fsp3) is 0.154. The Bertz CT molecular complexity index is 1550. The van der Waals surface area contributed by atoms with Crippen LogP contribution in [0.5, 0.6) is 0 Å². The molecule has 2 aromatic carbocycles. The number of carbonyl (C=O) groups excluding carboxylic acids is 2. The maximum Gasteiger partial charge on any atom is 0.416 e. The monoisotopic (exact) mass is 630 g/mol. The lowest BCUT2D eigenvalue weighted by Crippen LogP contribution is -2.39. The highest BCUT2D eigenvalue weighted by atomic mass is 32.2. The SMILES string of the molecule is O=C(CN1C(=O)/C(=C/c2cc(-c3cc(C(F)(F)F)cc(C(F)(F)F)c3)cs2)SC1=S)NCc1cccc(C(=O)O)c1. The molecule has 0 bridgehead atoms. The smallest absolute Gasteiger partial charge is 0.416 e. The number of amides is 2. The van der Waals surface area contributed by atoms with Crippen LogP contribution in [0, 0.1) is 0 Å². The van der Waals surface area contributed by atoms with Gasteiger partial charge in [-0.05, 0) is 64.5 Å². The normalized spacial score (nSPS) is 15.1. The van der Waals surface area contributed by atoms with Gasteiger partial charge in [-0.15, -0.1) is 11.3 Å². The van der Waals surface area contributed by atoms with Crippen molar-refractivity contribution < 1.29 is 45.8 Å². The van der Waals surface area contributed by atoms with E-state index < -0.39 is 47.8 Å². The Morgan fingerprint density at radius 2 is 1.63 bits per heavy atom. The number of alkyl halides is 6. The van der Waals surface area contributed by atoms with Crippen molar-refractivity contribution in [2.45, 2.75) is 18.9 Å². The molecular weight excluding hydrogens is 614 g/mol. The number of thioether (sulfide) groups is 1. The number of benzene rings is 2. The maximum atomic E-state index is 13.2. The van der Waals surface area contributed by atoms with Crippen molar-refractivity contribution in [1.29, 1.82) is 0 Å². The molecule has 214 valence electrons. The molecule has 4 rings (SSSR count). The number of thiophene rings is 1. The van der Waals surface area contributed by atoms with Gasteiger partial charge in [-0.1, -0.05) is 36.1 Å². The minimum absolute atomic E-state index is 0.00808. The van der Waals surface area contributed by atoms with Gasteiger partial charge in [0.2, 0.25) is 5.91 Å². The van der Waals surface area contributed by atoms with E-state index in [-0.39, 0.29) is 38.5 Å². The van der Waals surface area contributed by atoms with E-state index in [0.717, 1.165) is 28.0 Å². The largest absolute Gasteiger partial charge is 0.478 e. The van der Waals surface area contributed by atoms with Gasteiger partial charge in [0.15, 0.2) is 0 Å². The zero-order chi connectivity index (χ0) is 30.1. The van der Waals surface area contributed by atoms with Crippen molar-refractivity contribution >= 4 is 63.5 Å². The molecule has 3 aromatic rings. The second-order valence-corrected chi connectivity index (χ2v) is 11.2. The summed E-state index contributed by atoms with van der Waals surface area (Å²) in [5.74, 6) is -2.29. The van der Waals surface area contributed by atoms with Crippen LogP contribution >= 0.6 is 35.3 Å². The van der Waals surface area contributed by atoms with Crippen molar-refractivity contribution in [2.75, 3.05) is 6.54 Å². The highest BCUT2D eigenvalue weighted by Gasteiger charge is 2.37. The van der Waals surface area contributed by atoms with Crippen LogP contribution in [0.1, 0.15) is 31.9 Å². The van der Waals surface area contributed by atoms with Gasteiger partial charge < -0.3 is 10.4 Å². The van der Waals surface area contributed by atoms with E-state index in [2.05, 4.69) is 5.32 Å². The third kappa shape index (κ3) is 7.34. The molecule has 1 fully saturated rings. The summed E-state index contributed by atoms with van der Waals surface area (Å²) >= 11 is 7.09. The van der Waals surface area contributed by atoms with Gasteiger partial charge in [0.25, 0.3) is 5.91 Å². The Kier molecular flexibility index (Phi) is 8.61. The van der Waals surface area contributed by atoms with Gasteiger partial charge in [-0.3, -0.25) is 14.5 Å². The van der Waals surface area contributed by atoms with Crippen molar-refractivity contribution in [3.8, 4) is 11.1 Å². The van der Waals surface area contributed by atoms with E-state index in [0.29, 0.717) is 22.6 Å². The van der Waals surface area contributed by atoms with E-state index in [1.165, 1.54) is 35.7 Å². The minimum atomic E-state index is -4.99. The molecule has 0 saturated carbocycles. The summed E-state index contributed by atoms with van der Waals surface area (Å²) in [6, 6.07) is 8.58. The number of carboxylic acid groups (broad SMARTS) is 1. The third-order valence-electron chi connectivity index (χ3n) is 5.65. The van der Waals surface area contributed by atoms with E-state index in [1.807, 2.05) is 0 Å². The lowest BCUT2D eigenvalue weighted by Gasteiger charge is -2.14. The molecule has 0 atom stereocenters. The van der Waals surface area contributed by atoms with Crippen LogP contribution in [0.3, 0.4) is 0 Å². The Labute approximate surface area is 241 Å². The second kappa shape index (κ2) is 11.7. The summed E-state index contributed by atoms with van der Waals surface area (Å²) in [6.07, 6.45) is -8.59. The number of carboxylic acids is 1. The number of rotatable bonds is 7. The van der Waals surface area contributed by atoms with Crippen molar-refractivity contribution in [2.24, 2.45) is 0 Å². The zero-order valence-corrected chi connectivity index (χ0v) is 22.7. The molecule has 2 amide bonds. The minimum Gasteiger partial charge on any atom is -0.478 e. The maximum absolute atomic E-state index is 13.2. The lowest BCUT2D eigenvalue weighted by atomic mass is 10.0. The van der Waals surface area contributed by atoms with Crippen molar-refractivity contribution in [3.05, 3.63) is 85.9 Å². The zero-order valence-electron chi connectivity index (χ0n) is 20.3. The van der Waals surface area contributed by atoms with Crippen LogP contribution in [0.2, 0.25) is 0 Å². The standard InChI is InChI=1S/C26H16F6N2O4S3/c27-25(28,29)17-5-15(6-18(8-17)26(30,31)32)16-7-19(40-12-16)9-20-22(36)34(24(39)41-20)11-21(35)33-10-13-2-1-3-14(4-13)23(37)38/h1-9,12H,10-11H2,(H,33,35)(H,37,38)/b20-9-. The van der Waals surface area contributed by atoms with Crippen LogP contribution in [0.15, 0.2) is 58.8 Å². The number of hydrogen-bond donors (Lipinski definition) is 2. The second-order valence-electron chi connectivity index (χ2n) is 8.58.